The van der Waals surface area contributed by atoms with Crippen LogP contribution in [0.1, 0.15) is 13.3 Å². The Labute approximate surface area is 186 Å². The highest BCUT2D eigenvalue weighted by Gasteiger charge is 2.51. The van der Waals surface area contributed by atoms with Crippen LogP contribution in [0.5, 0.6) is 0 Å². The first-order valence-electron chi connectivity index (χ1n) is 9.11. The van der Waals surface area contributed by atoms with Gasteiger partial charge in [0, 0.05) is 35.5 Å². The molecule has 31 heavy (non-hydrogen) atoms. The zero-order chi connectivity index (χ0) is 22.8. The lowest BCUT2D eigenvalue weighted by molar-refractivity contribution is -0.231. The summed E-state index contributed by atoms with van der Waals surface area (Å²) in [7, 11) is -4.71. The summed E-state index contributed by atoms with van der Waals surface area (Å²) in [6, 6.07) is 6.55. The van der Waals surface area contributed by atoms with Gasteiger partial charge in [0.25, 0.3) is 10.0 Å². The summed E-state index contributed by atoms with van der Waals surface area (Å²) in [6.45, 7) is 3.39. The van der Waals surface area contributed by atoms with Crippen molar-refractivity contribution in [3.8, 4) is 0 Å². The number of likely N-dealkylation sites (N-methyl/N-ethyl adjacent to an activating group) is 1. The van der Waals surface area contributed by atoms with Gasteiger partial charge in [-0.3, -0.25) is 0 Å². The second-order valence-corrected chi connectivity index (χ2v) is 9.42. The van der Waals surface area contributed by atoms with Crippen molar-refractivity contribution < 1.29 is 31.2 Å². The van der Waals surface area contributed by atoms with Crippen molar-refractivity contribution in [2.45, 2.75) is 36.0 Å². The molecule has 0 aliphatic carbocycles. The molecule has 3 rings (SSSR count). The van der Waals surface area contributed by atoms with E-state index in [2.05, 4.69) is 14.6 Å². The molecule has 9 nitrogen and oxygen atoms in total. The van der Waals surface area contributed by atoms with Crippen LogP contribution in [0.2, 0.25) is 0 Å². The maximum atomic E-state index is 13.2. The van der Waals surface area contributed by atoms with Crippen molar-refractivity contribution in [1.29, 1.82) is 0 Å². The van der Waals surface area contributed by atoms with E-state index in [-0.39, 0.29) is 20.7 Å². The minimum Gasteiger partial charge on any atom is -0.342 e. The molecule has 172 valence electrons. The molecule has 1 fully saturated rings. The van der Waals surface area contributed by atoms with Crippen LogP contribution in [-0.2, 0) is 19.7 Å². The number of hydroxylamine groups is 1. The molecule has 1 unspecified atom stereocenters. The lowest BCUT2D eigenvalue weighted by Gasteiger charge is -2.41. The largest absolute Gasteiger partial charge is 0.492 e. The monoisotopic (exact) mass is 501 g/mol. The molecule has 1 aromatic carbocycles. The summed E-state index contributed by atoms with van der Waals surface area (Å²) in [4.78, 5) is 15.7. The highest BCUT2D eigenvalue weighted by atomic mass is 35.5. The number of nitrogens with zero attached hydrogens (tertiary/aromatic N) is 4. The highest BCUT2D eigenvalue weighted by Crippen LogP contribution is 2.37. The molecule has 2 heterocycles. The molecular formula is C16H19ClF3N5O4S2. The van der Waals surface area contributed by atoms with Gasteiger partial charge in [-0.25, -0.2) is 23.2 Å². The second-order valence-electron chi connectivity index (χ2n) is 6.49. The third-order valence-electron chi connectivity index (χ3n) is 4.54. The third kappa shape index (κ3) is 5.09. The molecule has 1 saturated heterocycles. The van der Waals surface area contributed by atoms with Crippen molar-refractivity contribution >= 4 is 44.8 Å². The first kappa shape index (κ1) is 24.1. The van der Waals surface area contributed by atoms with Gasteiger partial charge >= 0.3 is 12.1 Å². The van der Waals surface area contributed by atoms with Crippen LogP contribution in [0.15, 0.2) is 39.6 Å². The summed E-state index contributed by atoms with van der Waals surface area (Å²) in [5.74, 6) is -2.68. The van der Waals surface area contributed by atoms with E-state index < -0.39 is 27.7 Å². The first-order valence-corrected chi connectivity index (χ1v) is 11.8. The van der Waals surface area contributed by atoms with Gasteiger partial charge in [-0.15, -0.1) is 0 Å². The molecule has 2 aliphatic rings. The Morgan fingerprint density at radius 2 is 2.06 bits per heavy atom. The summed E-state index contributed by atoms with van der Waals surface area (Å²) in [6.07, 6.45) is -4.72. The van der Waals surface area contributed by atoms with Crippen molar-refractivity contribution in [2.75, 3.05) is 19.6 Å². The Balaban J connectivity index is 2.02. The van der Waals surface area contributed by atoms with Crippen molar-refractivity contribution in [1.82, 2.24) is 19.8 Å². The van der Waals surface area contributed by atoms with Gasteiger partial charge in [0.05, 0.1) is 4.90 Å². The number of hydrogen-bond acceptors (Lipinski definition) is 9. The average molecular weight is 502 g/mol. The molecular weight excluding hydrogens is 483 g/mol. The normalized spacial score (nSPS) is 22.3. The topological polar surface area (TPSA) is 94.6 Å². The van der Waals surface area contributed by atoms with E-state index in [4.69, 9.17) is 11.6 Å². The van der Waals surface area contributed by atoms with Gasteiger partial charge in [-0.1, -0.05) is 25.1 Å². The van der Waals surface area contributed by atoms with Crippen molar-refractivity contribution in [3.63, 3.8) is 0 Å². The Bertz CT molecular complexity index is 929. The Hall–Kier alpha value is -1.58. The van der Waals surface area contributed by atoms with Gasteiger partial charge in [0.1, 0.15) is 0 Å². The quantitative estimate of drug-likeness (QED) is 0.345. The smallest absolute Gasteiger partial charge is 0.342 e. The van der Waals surface area contributed by atoms with Crippen LogP contribution in [0.25, 0.3) is 0 Å². The van der Waals surface area contributed by atoms with Crippen LogP contribution < -0.4 is 5.32 Å². The molecule has 0 aromatic heterocycles. The van der Waals surface area contributed by atoms with E-state index >= 15 is 0 Å². The van der Waals surface area contributed by atoms with Gasteiger partial charge in [0.2, 0.25) is 10.8 Å². The molecule has 1 N–H and O–H groups in total. The molecule has 1 aromatic rings. The number of benzene rings is 1. The predicted octanol–water partition coefficient (Wildman–Crippen LogP) is 2.14. The molecule has 2 atom stereocenters. The lowest BCUT2D eigenvalue weighted by Crippen LogP contribution is -2.59. The van der Waals surface area contributed by atoms with Crippen LogP contribution >= 0.6 is 23.5 Å². The van der Waals surface area contributed by atoms with Gasteiger partial charge in [0.15, 0.2) is 0 Å². The van der Waals surface area contributed by atoms with Gasteiger partial charge < -0.3 is 10.2 Å². The Kier molecular flexibility index (Phi) is 7.38. The molecule has 0 bridgehead atoms. The standard InChI is InChI=1S/C16H19ClF3N5O4S2/c1-2-23(11-8-9-21-10-11)24-14(17)22-30-15(24)25(29-13(26)16(18,19)20)31(27,28)12-6-4-3-5-7-12/h3-7,11,15,21H,2,8-10H2,1H3/t11?,15-/m0/s1. The maximum absolute atomic E-state index is 13.2. The zero-order valence-corrected chi connectivity index (χ0v) is 18.5. The Morgan fingerprint density at radius 1 is 1.39 bits per heavy atom. The van der Waals surface area contributed by atoms with E-state index in [0.29, 0.717) is 38.0 Å². The average Bonchev–Trinajstić information content (AvgIpc) is 3.38. The molecule has 15 heteroatoms. The van der Waals surface area contributed by atoms with Crippen LogP contribution in [0, 0.1) is 0 Å². The minimum absolute atomic E-state index is 0.00669. The summed E-state index contributed by atoms with van der Waals surface area (Å²) in [5, 5.41) is 5.92. The van der Waals surface area contributed by atoms with E-state index in [1.54, 1.807) is 11.9 Å². The summed E-state index contributed by atoms with van der Waals surface area (Å²) in [5.41, 5.74) is -1.51. The van der Waals surface area contributed by atoms with Crippen molar-refractivity contribution in [3.05, 3.63) is 30.3 Å². The first-order chi connectivity index (χ1) is 14.6. The number of halogens is 4. The number of carbonyl (C=O) groups excluding carboxylic acids is 1. The van der Waals surface area contributed by atoms with E-state index in [0.717, 1.165) is 0 Å². The van der Waals surface area contributed by atoms with E-state index in [1.165, 1.54) is 35.3 Å². The SMILES string of the molecule is CCN(C1CCNC1)N1C(Cl)=NS[C@@H]1N(OC(=O)C(F)(F)F)S(=O)(=O)c1ccccc1. The van der Waals surface area contributed by atoms with Crippen LogP contribution in [0.3, 0.4) is 0 Å². The summed E-state index contributed by atoms with van der Waals surface area (Å²) >= 11 is 6.77. The molecule has 0 amide bonds. The van der Waals surface area contributed by atoms with Crippen LogP contribution in [-0.4, -0.2) is 71.5 Å². The van der Waals surface area contributed by atoms with Gasteiger partial charge in [-0.2, -0.15) is 17.6 Å². The zero-order valence-electron chi connectivity index (χ0n) is 16.1. The number of alkyl halides is 3. The number of rotatable bonds is 7. The fourth-order valence-corrected chi connectivity index (χ4v) is 5.87. The molecule has 0 saturated carbocycles. The van der Waals surface area contributed by atoms with Gasteiger partial charge in [-0.05, 0) is 36.7 Å². The molecule has 2 aliphatic heterocycles. The fraction of sp³-hybridized carbons (Fsp3) is 0.500. The highest BCUT2D eigenvalue weighted by molar-refractivity contribution is 8.00. The maximum Gasteiger partial charge on any atom is 0.492 e. The Morgan fingerprint density at radius 3 is 2.61 bits per heavy atom. The molecule has 0 radical (unpaired) electrons. The number of amidine groups is 1. The predicted molar refractivity (Wildman–Crippen MR) is 108 cm³/mol. The fourth-order valence-electron chi connectivity index (χ4n) is 3.15. The van der Waals surface area contributed by atoms with Crippen molar-refractivity contribution in [2.24, 2.45) is 4.40 Å². The number of hydrazine groups is 1. The number of nitrogens with one attached hydrogen (secondary N) is 1. The number of sulfonamides is 1. The summed E-state index contributed by atoms with van der Waals surface area (Å²) < 4.78 is 69.1. The lowest BCUT2D eigenvalue weighted by atomic mass is 10.2. The minimum atomic E-state index is -5.41. The molecule has 0 spiro atoms. The van der Waals surface area contributed by atoms with E-state index in [1.807, 2.05) is 0 Å². The second kappa shape index (κ2) is 9.50. The third-order valence-corrected chi connectivity index (χ3v) is 7.51. The van der Waals surface area contributed by atoms with Crippen LogP contribution in [0.4, 0.5) is 13.2 Å². The number of carbonyl (C=O) groups is 1. The number of hydrogen-bond donors (Lipinski definition) is 1. The van der Waals surface area contributed by atoms with E-state index in [9.17, 15) is 26.4 Å².